The minimum Gasteiger partial charge on any atom is -0.495 e. The van der Waals surface area contributed by atoms with E-state index in [1.165, 1.54) is 7.11 Å². The van der Waals surface area contributed by atoms with E-state index in [-0.39, 0.29) is 0 Å². The van der Waals surface area contributed by atoms with Crippen LogP contribution in [-0.4, -0.2) is 29.8 Å². The number of aromatic nitrogens is 2. The summed E-state index contributed by atoms with van der Waals surface area (Å²) in [6.07, 6.45) is 1.73. The van der Waals surface area contributed by atoms with Crippen LogP contribution in [0, 0.1) is 0 Å². The quantitative estimate of drug-likeness (QED) is 0.693. The first kappa shape index (κ1) is 13.2. The first-order chi connectivity index (χ1) is 10.2. The number of methoxy groups -OCH3 is 2. The fraction of sp³-hybridized carbons (Fsp3) is 0.125. The molecule has 0 spiro atoms. The van der Waals surface area contributed by atoms with E-state index < -0.39 is 5.97 Å². The number of ether oxygens (including phenoxy) is 2. The molecule has 0 unspecified atom stereocenters. The summed E-state index contributed by atoms with van der Waals surface area (Å²) in [5.41, 5.74) is 2.59. The maximum Gasteiger partial charge on any atom is 0.342 e. The second-order valence-corrected chi connectivity index (χ2v) is 4.48. The fourth-order valence-corrected chi connectivity index (χ4v) is 2.25. The van der Waals surface area contributed by atoms with Crippen molar-refractivity contribution in [2.75, 3.05) is 14.2 Å². The van der Waals surface area contributed by atoms with Crippen LogP contribution in [0.15, 0.2) is 48.7 Å². The molecule has 0 bridgehead atoms. The minimum atomic E-state index is -0.408. The number of esters is 1. The van der Waals surface area contributed by atoms with Gasteiger partial charge in [-0.2, -0.15) is 5.10 Å². The summed E-state index contributed by atoms with van der Waals surface area (Å²) < 4.78 is 11.7. The predicted octanol–water partition coefficient (Wildman–Crippen LogP) is 2.80. The molecule has 0 atom stereocenters. The molecule has 5 heteroatoms. The van der Waals surface area contributed by atoms with Gasteiger partial charge in [-0.25, -0.2) is 9.31 Å². The Morgan fingerprint density at radius 2 is 1.86 bits per heavy atom. The van der Waals surface area contributed by atoms with Gasteiger partial charge in [0.1, 0.15) is 17.0 Å². The highest BCUT2D eigenvalue weighted by molar-refractivity contribution is 6.03. The van der Waals surface area contributed by atoms with Crippen LogP contribution in [0.5, 0.6) is 5.75 Å². The normalized spacial score (nSPS) is 10.6. The van der Waals surface area contributed by atoms with Crippen LogP contribution < -0.4 is 4.74 Å². The SMILES string of the molecule is COC(=O)c1c(-c2ccccc2)nn2cc(OC)ccc12. The Hall–Kier alpha value is -2.82. The van der Waals surface area contributed by atoms with Crippen molar-refractivity contribution in [2.45, 2.75) is 0 Å². The van der Waals surface area contributed by atoms with Crippen LogP contribution in [0.2, 0.25) is 0 Å². The summed E-state index contributed by atoms with van der Waals surface area (Å²) in [7, 11) is 2.95. The lowest BCUT2D eigenvalue weighted by molar-refractivity contribution is 0.0604. The van der Waals surface area contributed by atoms with Crippen LogP contribution in [0.25, 0.3) is 16.8 Å². The molecule has 5 nitrogen and oxygen atoms in total. The van der Waals surface area contributed by atoms with E-state index in [0.717, 1.165) is 5.56 Å². The third-order valence-electron chi connectivity index (χ3n) is 3.27. The number of carbonyl (C=O) groups excluding carboxylic acids is 1. The zero-order valence-electron chi connectivity index (χ0n) is 11.7. The van der Waals surface area contributed by atoms with E-state index in [1.807, 2.05) is 30.3 Å². The summed E-state index contributed by atoms with van der Waals surface area (Å²) in [5.74, 6) is 0.259. The van der Waals surface area contributed by atoms with Crippen molar-refractivity contribution >= 4 is 11.5 Å². The van der Waals surface area contributed by atoms with Crippen molar-refractivity contribution in [3.05, 3.63) is 54.2 Å². The van der Waals surface area contributed by atoms with Gasteiger partial charge in [-0.05, 0) is 12.1 Å². The van der Waals surface area contributed by atoms with Crippen molar-refractivity contribution < 1.29 is 14.3 Å². The van der Waals surface area contributed by atoms with Crippen LogP contribution in [0.3, 0.4) is 0 Å². The number of pyridine rings is 1. The maximum atomic E-state index is 12.1. The van der Waals surface area contributed by atoms with Gasteiger partial charge in [0.2, 0.25) is 0 Å². The van der Waals surface area contributed by atoms with Crippen LogP contribution >= 0.6 is 0 Å². The van der Waals surface area contributed by atoms with E-state index in [9.17, 15) is 4.79 Å². The molecular formula is C16H14N2O3. The lowest BCUT2D eigenvalue weighted by atomic mass is 10.1. The molecule has 0 saturated heterocycles. The van der Waals surface area contributed by atoms with Gasteiger partial charge in [-0.3, -0.25) is 0 Å². The number of hydrogen-bond acceptors (Lipinski definition) is 4. The third-order valence-corrected chi connectivity index (χ3v) is 3.27. The topological polar surface area (TPSA) is 52.8 Å². The van der Waals surface area contributed by atoms with Crippen LogP contribution in [0.4, 0.5) is 0 Å². The molecule has 3 aromatic rings. The van der Waals surface area contributed by atoms with Gasteiger partial charge in [0, 0.05) is 5.56 Å². The van der Waals surface area contributed by atoms with Gasteiger partial charge in [0.05, 0.1) is 25.9 Å². The molecule has 0 saturated carbocycles. The molecule has 0 fully saturated rings. The Labute approximate surface area is 121 Å². The molecule has 0 aliphatic heterocycles. The van der Waals surface area contributed by atoms with E-state index in [2.05, 4.69) is 5.10 Å². The first-order valence-corrected chi connectivity index (χ1v) is 6.44. The highest BCUT2D eigenvalue weighted by Crippen LogP contribution is 2.28. The van der Waals surface area contributed by atoms with Gasteiger partial charge < -0.3 is 9.47 Å². The first-order valence-electron chi connectivity index (χ1n) is 6.44. The van der Waals surface area contributed by atoms with Crippen LogP contribution in [-0.2, 0) is 4.74 Å². The molecule has 0 radical (unpaired) electrons. The summed E-state index contributed by atoms with van der Waals surface area (Å²) in [5, 5.41) is 4.50. The molecule has 0 aliphatic rings. The van der Waals surface area contributed by atoms with E-state index in [0.29, 0.717) is 22.5 Å². The van der Waals surface area contributed by atoms with E-state index >= 15 is 0 Å². The number of benzene rings is 1. The zero-order chi connectivity index (χ0) is 14.8. The second-order valence-electron chi connectivity index (χ2n) is 4.48. The molecule has 21 heavy (non-hydrogen) atoms. The van der Waals surface area contributed by atoms with Gasteiger partial charge in [0.15, 0.2) is 0 Å². The van der Waals surface area contributed by atoms with Gasteiger partial charge in [-0.15, -0.1) is 0 Å². The van der Waals surface area contributed by atoms with Crippen LogP contribution in [0.1, 0.15) is 10.4 Å². The highest BCUT2D eigenvalue weighted by Gasteiger charge is 2.21. The van der Waals surface area contributed by atoms with E-state index in [4.69, 9.17) is 9.47 Å². The standard InChI is InChI=1S/C16H14N2O3/c1-20-12-8-9-13-14(16(19)21-2)15(17-18(13)10-12)11-6-4-3-5-7-11/h3-10H,1-2H3. The van der Waals surface area contributed by atoms with Gasteiger partial charge in [0.25, 0.3) is 0 Å². The molecule has 0 aliphatic carbocycles. The number of carbonyl (C=O) groups is 1. The highest BCUT2D eigenvalue weighted by atomic mass is 16.5. The summed E-state index contributed by atoms with van der Waals surface area (Å²) in [6.45, 7) is 0. The largest absolute Gasteiger partial charge is 0.495 e. The van der Waals surface area contributed by atoms with Crippen molar-refractivity contribution in [3.8, 4) is 17.0 Å². The maximum absolute atomic E-state index is 12.1. The Kier molecular flexibility index (Phi) is 3.31. The summed E-state index contributed by atoms with van der Waals surface area (Å²) in [4.78, 5) is 12.1. The molecule has 3 rings (SSSR count). The predicted molar refractivity (Wildman–Crippen MR) is 78.5 cm³/mol. The molecule has 106 valence electrons. The smallest absolute Gasteiger partial charge is 0.342 e. The summed E-state index contributed by atoms with van der Waals surface area (Å²) >= 11 is 0. The zero-order valence-corrected chi connectivity index (χ0v) is 11.7. The second kappa shape index (κ2) is 5.28. The number of nitrogens with zero attached hydrogens (tertiary/aromatic N) is 2. The Balaban J connectivity index is 2.29. The Bertz CT molecular complexity index is 794. The molecule has 0 N–H and O–H groups in total. The Morgan fingerprint density at radius 1 is 1.10 bits per heavy atom. The van der Waals surface area contributed by atoms with E-state index in [1.54, 1.807) is 30.0 Å². The molecule has 2 aromatic heterocycles. The van der Waals surface area contributed by atoms with Gasteiger partial charge in [-0.1, -0.05) is 30.3 Å². The lowest BCUT2D eigenvalue weighted by Gasteiger charge is -2.02. The number of hydrogen-bond donors (Lipinski definition) is 0. The molecule has 2 heterocycles. The molecular weight excluding hydrogens is 268 g/mol. The summed E-state index contributed by atoms with van der Waals surface area (Å²) in [6, 6.07) is 13.1. The van der Waals surface area contributed by atoms with Gasteiger partial charge >= 0.3 is 5.97 Å². The monoisotopic (exact) mass is 282 g/mol. The third kappa shape index (κ3) is 2.23. The average Bonchev–Trinajstić information content (AvgIpc) is 2.93. The fourth-order valence-electron chi connectivity index (χ4n) is 2.25. The average molecular weight is 282 g/mol. The van der Waals surface area contributed by atoms with Crippen molar-refractivity contribution in [2.24, 2.45) is 0 Å². The van der Waals surface area contributed by atoms with Crippen molar-refractivity contribution in [3.63, 3.8) is 0 Å². The Morgan fingerprint density at radius 3 is 2.52 bits per heavy atom. The number of rotatable bonds is 3. The lowest BCUT2D eigenvalue weighted by Crippen LogP contribution is -2.02. The minimum absolute atomic E-state index is 0.408. The van der Waals surface area contributed by atoms with Crippen molar-refractivity contribution in [1.29, 1.82) is 0 Å². The van der Waals surface area contributed by atoms with Crippen molar-refractivity contribution in [1.82, 2.24) is 9.61 Å². The molecule has 0 amide bonds. The number of fused-ring (bicyclic) bond motifs is 1. The molecule has 1 aromatic carbocycles.